The molecule has 0 bridgehead atoms. The van der Waals surface area contributed by atoms with Crippen molar-refractivity contribution in [3.63, 3.8) is 0 Å². The van der Waals surface area contributed by atoms with Crippen LogP contribution < -0.4 is 0 Å². The average molecular weight is 557 g/mol. The van der Waals surface area contributed by atoms with Gasteiger partial charge in [-0.1, -0.05) is 12.2 Å². The third-order valence-electron chi connectivity index (χ3n) is 6.20. The maximum absolute atomic E-state index is 15.3. The minimum Gasteiger partial charge on any atom is -0.508 e. The highest BCUT2D eigenvalue weighted by Crippen LogP contribution is 2.67. The Balaban J connectivity index is 0.000000747. The molecule has 5 rings (SSSR count). The van der Waals surface area contributed by atoms with Crippen LogP contribution in [-0.4, -0.2) is 28.0 Å². The molecule has 10 heteroatoms. The number of thiophene rings is 2. The molecule has 2 heterocycles. The SMILES string of the molecule is C/C=C\C.Cc1sc2cc(O)ccc2c1C1=C(c2c(C)sc3cc(O)ccc23)C(F)(F)C(F)(F)C1(F)F. The molecule has 0 unspecified atom stereocenters. The first-order valence-electron chi connectivity index (χ1n) is 11.1. The van der Waals surface area contributed by atoms with Crippen molar-refractivity contribution in [2.24, 2.45) is 0 Å². The van der Waals surface area contributed by atoms with E-state index in [2.05, 4.69) is 0 Å². The number of benzene rings is 2. The number of rotatable bonds is 2. The van der Waals surface area contributed by atoms with Gasteiger partial charge in [0, 0.05) is 52.2 Å². The van der Waals surface area contributed by atoms with Crippen molar-refractivity contribution >= 4 is 54.0 Å². The summed E-state index contributed by atoms with van der Waals surface area (Å²) in [6, 6.07) is 7.44. The van der Waals surface area contributed by atoms with E-state index in [1.807, 2.05) is 26.0 Å². The Bertz CT molecular complexity index is 1460. The molecule has 196 valence electrons. The average Bonchev–Trinajstić information content (AvgIpc) is 3.33. The largest absolute Gasteiger partial charge is 0.508 e. The molecule has 4 aromatic rings. The molecular weight excluding hydrogens is 534 g/mol. The number of aromatic hydroxyl groups is 2. The zero-order chi connectivity index (χ0) is 27.5. The predicted octanol–water partition coefficient (Wildman–Crippen LogP) is 9.56. The van der Waals surface area contributed by atoms with E-state index in [4.69, 9.17) is 0 Å². The van der Waals surface area contributed by atoms with E-state index in [0.29, 0.717) is 9.40 Å². The van der Waals surface area contributed by atoms with Crippen LogP contribution in [0.4, 0.5) is 26.3 Å². The van der Waals surface area contributed by atoms with Crippen molar-refractivity contribution in [2.45, 2.75) is 45.5 Å². The molecule has 0 fully saturated rings. The van der Waals surface area contributed by atoms with Crippen LogP contribution in [0.3, 0.4) is 0 Å². The van der Waals surface area contributed by atoms with E-state index < -0.39 is 28.9 Å². The second-order valence-electron chi connectivity index (χ2n) is 8.57. The number of hydrogen-bond acceptors (Lipinski definition) is 4. The fourth-order valence-corrected chi connectivity index (χ4v) is 6.63. The molecule has 0 aliphatic heterocycles. The van der Waals surface area contributed by atoms with Gasteiger partial charge < -0.3 is 10.2 Å². The summed E-state index contributed by atoms with van der Waals surface area (Å²) in [5, 5.41) is 19.6. The number of hydrogen-bond donors (Lipinski definition) is 2. The zero-order valence-electron chi connectivity index (χ0n) is 20.1. The fourth-order valence-electron chi connectivity index (χ4n) is 4.43. The maximum atomic E-state index is 15.3. The molecular formula is C27H22F6O2S2. The maximum Gasteiger partial charge on any atom is 0.380 e. The van der Waals surface area contributed by atoms with Crippen LogP contribution in [0.25, 0.3) is 31.3 Å². The highest BCUT2D eigenvalue weighted by atomic mass is 32.1. The lowest BCUT2D eigenvalue weighted by atomic mass is 9.91. The Hall–Kier alpha value is -2.98. The van der Waals surface area contributed by atoms with E-state index in [0.717, 1.165) is 22.7 Å². The monoisotopic (exact) mass is 556 g/mol. The Morgan fingerprint density at radius 3 is 1.32 bits per heavy atom. The quantitative estimate of drug-likeness (QED) is 0.191. The summed E-state index contributed by atoms with van der Waals surface area (Å²) in [4.78, 5) is 0.289. The molecule has 2 N–H and O–H groups in total. The van der Waals surface area contributed by atoms with Gasteiger partial charge in [-0.15, -0.1) is 22.7 Å². The molecule has 37 heavy (non-hydrogen) atoms. The van der Waals surface area contributed by atoms with Crippen LogP contribution in [-0.2, 0) is 0 Å². The van der Waals surface area contributed by atoms with Crippen LogP contribution >= 0.6 is 22.7 Å². The lowest BCUT2D eigenvalue weighted by Gasteiger charge is -2.26. The van der Waals surface area contributed by atoms with Crippen LogP contribution in [0.2, 0.25) is 0 Å². The molecule has 0 atom stereocenters. The normalized spacial score (nSPS) is 18.1. The summed E-state index contributed by atoms with van der Waals surface area (Å²) >= 11 is 1.88. The van der Waals surface area contributed by atoms with Gasteiger partial charge in [0.25, 0.3) is 0 Å². The Kier molecular flexibility index (Phi) is 6.65. The van der Waals surface area contributed by atoms with Crippen molar-refractivity contribution in [1.29, 1.82) is 0 Å². The second-order valence-corrected chi connectivity index (χ2v) is 11.1. The highest BCUT2D eigenvalue weighted by Gasteiger charge is 2.80. The lowest BCUT2D eigenvalue weighted by molar-refractivity contribution is -0.254. The molecule has 1 aliphatic carbocycles. The van der Waals surface area contributed by atoms with Crippen molar-refractivity contribution in [3.8, 4) is 11.5 Å². The zero-order valence-corrected chi connectivity index (χ0v) is 21.7. The van der Waals surface area contributed by atoms with E-state index in [9.17, 15) is 19.0 Å². The van der Waals surface area contributed by atoms with E-state index >= 15 is 17.6 Å². The van der Waals surface area contributed by atoms with Crippen LogP contribution in [0.1, 0.15) is 34.7 Å². The number of allylic oxidation sites excluding steroid dienone is 4. The van der Waals surface area contributed by atoms with Gasteiger partial charge in [-0.2, -0.15) is 26.3 Å². The first kappa shape index (κ1) is 27.1. The van der Waals surface area contributed by atoms with Crippen molar-refractivity contribution < 1.29 is 36.6 Å². The van der Waals surface area contributed by atoms with Gasteiger partial charge in [-0.25, -0.2) is 0 Å². The van der Waals surface area contributed by atoms with Gasteiger partial charge >= 0.3 is 17.8 Å². The first-order chi connectivity index (χ1) is 17.2. The van der Waals surface area contributed by atoms with E-state index in [1.165, 1.54) is 50.2 Å². The highest BCUT2D eigenvalue weighted by molar-refractivity contribution is 7.19. The first-order valence-corrected chi connectivity index (χ1v) is 12.7. The van der Waals surface area contributed by atoms with Gasteiger partial charge in [-0.05, 0) is 64.1 Å². The lowest BCUT2D eigenvalue weighted by Crippen LogP contribution is -2.48. The molecule has 0 saturated heterocycles. The van der Waals surface area contributed by atoms with Crippen molar-refractivity contribution in [3.05, 3.63) is 69.4 Å². The minimum absolute atomic E-state index is 0.0748. The summed E-state index contributed by atoms with van der Waals surface area (Å²) < 4.78 is 91.3. The van der Waals surface area contributed by atoms with Crippen LogP contribution in [0.5, 0.6) is 11.5 Å². The van der Waals surface area contributed by atoms with E-state index in [1.54, 1.807) is 0 Å². The number of alkyl halides is 6. The standard InChI is InChI=1S/C23H14F6O2S2.C4H8/c1-9-17(13-5-3-11(30)7-15(13)32-9)19-20(22(26,27)23(28,29)21(19,24)25)18-10(2)33-16-8-12(31)4-6-14(16)18;1-3-4-2/h3-8,30-31H,1-2H3;3-4H,1-2H3/b;4-3-. The third kappa shape index (κ3) is 3.92. The molecule has 0 saturated carbocycles. The molecule has 0 amide bonds. The fraction of sp³-hybridized carbons (Fsp3) is 0.259. The van der Waals surface area contributed by atoms with Gasteiger partial charge in [0.1, 0.15) is 11.5 Å². The van der Waals surface area contributed by atoms with Gasteiger partial charge in [0.2, 0.25) is 0 Å². The van der Waals surface area contributed by atoms with Gasteiger partial charge in [0.05, 0.1) is 0 Å². The summed E-state index contributed by atoms with van der Waals surface area (Å²) in [6.45, 7) is 6.78. The van der Waals surface area contributed by atoms with Crippen LogP contribution in [0, 0.1) is 13.8 Å². The Morgan fingerprint density at radius 1 is 0.649 bits per heavy atom. The van der Waals surface area contributed by atoms with E-state index in [-0.39, 0.29) is 43.2 Å². The summed E-state index contributed by atoms with van der Waals surface area (Å²) in [7, 11) is 0. The Labute approximate surface area is 216 Å². The molecule has 1 aliphatic rings. The third-order valence-corrected chi connectivity index (χ3v) is 8.34. The number of phenolic OH excluding ortho intramolecular Hbond substituents is 2. The van der Waals surface area contributed by atoms with Crippen molar-refractivity contribution in [1.82, 2.24) is 0 Å². The predicted molar refractivity (Wildman–Crippen MR) is 139 cm³/mol. The van der Waals surface area contributed by atoms with Crippen molar-refractivity contribution in [2.75, 3.05) is 0 Å². The Morgan fingerprint density at radius 2 is 1.00 bits per heavy atom. The second kappa shape index (κ2) is 9.09. The van der Waals surface area contributed by atoms with Gasteiger partial charge in [0.15, 0.2) is 0 Å². The summed E-state index contributed by atoms with van der Waals surface area (Å²) in [5.74, 6) is -16.3. The van der Waals surface area contributed by atoms with Crippen LogP contribution in [0.15, 0.2) is 48.6 Å². The van der Waals surface area contributed by atoms with Gasteiger partial charge in [-0.3, -0.25) is 0 Å². The molecule has 2 nitrogen and oxygen atoms in total. The molecule has 0 spiro atoms. The molecule has 0 radical (unpaired) electrons. The number of halogens is 6. The molecule has 2 aromatic heterocycles. The number of fused-ring (bicyclic) bond motifs is 2. The number of aryl methyl sites for hydroxylation is 2. The molecule has 2 aromatic carbocycles. The topological polar surface area (TPSA) is 40.5 Å². The number of phenols is 2. The minimum atomic E-state index is -5.67. The smallest absolute Gasteiger partial charge is 0.380 e. The summed E-state index contributed by atoms with van der Waals surface area (Å²) in [6.07, 6.45) is 4.00. The summed E-state index contributed by atoms with van der Waals surface area (Å²) in [5.41, 5.74) is -3.60.